The number of thioether (sulfide) groups is 1. The Labute approximate surface area is 120 Å². The van der Waals surface area contributed by atoms with Crippen LogP contribution in [0, 0.1) is 0 Å². The summed E-state index contributed by atoms with van der Waals surface area (Å²) in [7, 11) is 1.87. The molecule has 0 bridgehead atoms. The molecular weight excluding hydrogens is 284 g/mol. The average Bonchev–Trinajstić information content (AvgIpc) is 2.75. The summed E-state index contributed by atoms with van der Waals surface area (Å²) in [6, 6.07) is 7.09. The van der Waals surface area contributed by atoms with Crippen molar-refractivity contribution in [3.05, 3.63) is 35.6 Å². The Balaban J connectivity index is 1.77. The Morgan fingerprint density at radius 3 is 3.05 bits per heavy atom. The van der Waals surface area contributed by atoms with Crippen molar-refractivity contribution in [2.75, 3.05) is 11.1 Å². The second-order valence-corrected chi connectivity index (χ2v) is 5.38. The molecule has 0 aliphatic carbocycles. The molecule has 0 saturated carbocycles. The molecule has 2 aromatic rings. The molecule has 1 N–H and O–H groups in total. The third-order valence-corrected chi connectivity index (χ3v) is 3.61. The molecule has 5 nitrogen and oxygen atoms in total. The summed E-state index contributed by atoms with van der Waals surface area (Å²) >= 11 is 7.34. The maximum Gasteiger partial charge on any atom is 0.225 e. The standard InChI is InChI=1S/C12H13ClN4OS/c1-17-8-14-16-12(17)19-6-5-11(18)15-10-4-2-3-9(13)7-10/h2-4,7-8H,5-6H2,1H3,(H,15,18). The smallest absolute Gasteiger partial charge is 0.225 e. The molecule has 0 atom stereocenters. The van der Waals surface area contributed by atoms with Crippen LogP contribution >= 0.6 is 23.4 Å². The van der Waals surface area contributed by atoms with Crippen molar-refractivity contribution in [2.24, 2.45) is 7.05 Å². The van der Waals surface area contributed by atoms with Gasteiger partial charge >= 0.3 is 0 Å². The van der Waals surface area contributed by atoms with Crippen molar-refractivity contribution in [1.29, 1.82) is 0 Å². The van der Waals surface area contributed by atoms with Gasteiger partial charge in [0, 0.05) is 29.9 Å². The summed E-state index contributed by atoms with van der Waals surface area (Å²) in [5.74, 6) is 0.607. The molecule has 7 heteroatoms. The molecule has 0 aliphatic rings. The minimum atomic E-state index is -0.0445. The summed E-state index contributed by atoms with van der Waals surface area (Å²) in [5.41, 5.74) is 0.709. The molecule has 0 radical (unpaired) electrons. The van der Waals surface area contributed by atoms with Gasteiger partial charge in [-0.15, -0.1) is 10.2 Å². The highest BCUT2D eigenvalue weighted by Crippen LogP contribution is 2.17. The van der Waals surface area contributed by atoms with Crippen molar-refractivity contribution in [2.45, 2.75) is 11.6 Å². The third-order valence-electron chi connectivity index (χ3n) is 2.34. The van der Waals surface area contributed by atoms with E-state index in [4.69, 9.17) is 11.6 Å². The van der Waals surface area contributed by atoms with E-state index in [0.717, 1.165) is 5.16 Å². The summed E-state index contributed by atoms with van der Waals surface area (Å²) in [6.45, 7) is 0. The first-order chi connectivity index (χ1) is 9.15. The van der Waals surface area contributed by atoms with Gasteiger partial charge in [0.25, 0.3) is 0 Å². The highest BCUT2D eigenvalue weighted by atomic mass is 35.5. The van der Waals surface area contributed by atoms with E-state index in [1.165, 1.54) is 11.8 Å². The number of aryl methyl sites for hydroxylation is 1. The number of carbonyl (C=O) groups excluding carboxylic acids is 1. The Morgan fingerprint density at radius 1 is 1.53 bits per heavy atom. The van der Waals surface area contributed by atoms with Gasteiger partial charge in [0.05, 0.1) is 0 Å². The van der Waals surface area contributed by atoms with Crippen LogP contribution in [0.25, 0.3) is 0 Å². The number of nitrogens with zero attached hydrogens (tertiary/aromatic N) is 3. The second kappa shape index (κ2) is 6.58. The fourth-order valence-corrected chi connectivity index (χ4v) is 2.44. The van der Waals surface area contributed by atoms with Gasteiger partial charge in [-0.1, -0.05) is 29.4 Å². The number of aromatic nitrogens is 3. The van der Waals surface area contributed by atoms with E-state index >= 15 is 0 Å². The first kappa shape index (κ1) is 13.9. The van der Waals surface area contributed by atoms with Gasteiger partial charge < -0.3 is 9.88 Å². The fraction of sp³-hybridized carbons (Fsp3) is 0.250. The average molecular weight is 297 g/mol. The molecular formula is C12H13ClN4OS. The lowest BCUT2D eigenvalue weighted by atomic mass is 10.3. The molecule has 1 aromatic carbocycles. The zero-order valence-corrected chi connectivity index (χ0v) is 11.9. The van der Waals surface area contributed by atoms with Gasteiger partial charge in [0.2, 0.25) is 5.91 Å². The van der Waals surface area contributed by atoms with Gasteiger partial charge in [-0.2, -0.15) is 0 Å². The van der Waals surface area contributed by atoms with Gasteiger partial charge in [0.1, 0.15) is 6.33 Å². The Hall–Kier alpha value is -1.53. The molecule has 0 aliphatic heterocycles. The van der Waals surface area contributed by atoms with Crippen LogP contribution in [0.4, 0.5) is 5.69 Å². The van der Waals surface area contributed by atoms with E-state index in [0.29, 0.717) is 22.9 Å². The van der Waals surface area contributed by atoms with Crippen molar-refractivity contribution in [3.8, 4) is 0 Å². The molecule has 19 heavy (non-hydrogen) atoms. The lowest BCUT2D eigenvalue weighted by Gasteiger charge is -2.05. The molecule has 0 unspecified atom stereocenters. The topological polar surface area (TPSA) is 59.8 Å². The minimum Gasteiger partial charge on any atom is -0.326 e. The molecule has 100 valence electrons. The van der Waals surface area contributed by atoms with E-state index < -0.39 is 0 Å². The maximum absolute atomic E-state index is 11.7. The first-order valence-electron chi connectivity index (χ1n) is 5.67. The van der Waals surface area contributed by atoms with Crippen LogP contribution in [0.1, 0.15) is 6.42 Å². The van der Waals surface area contributed by atoms with Gasteiger partial charge in [-0.3, -0.25) is 4.79 Å². The zero-order chi connectivity index (χ0) is 13.7. The number of carbonyl (C=O) groups is 1. The highest BCUT2D eigenvalue weighted by molar-refractivity contribution is 7.99. The number of amides is 1. The van der Waals surface area contributed by atoms with Crippen LogP contribution < -0.4 is 5.32 Å². The second-order valence-electron chi connectivity index (χ2n) is 3.88. The largest absolute Gasteiger partial charge is 0.326 e. The van der Waals surface area contributed by atoms with Gasteiger partial charge in [-0.25, -0.2) is 0 Å². The predicted octanol–water partition coefficient (Wildman–Crippen LogP) is 2.59. The highest BCUT2D eigenvalue weighted by Gasteiger charge is 2.05. The van der Waals surface area contributed by atoms with Crippen LogP contribution in [-0.2, 0) is 11.8 Å². The Bertz CT molecular complexity index is 572. The first-order valence-corrected chi connectivity index (χ1v) is 7.04. The van der Waals surface area contributed by atoms with Crippen molar-refractivity contribution < 1.29 is 4.79 Å². The zero-order valence-electron chi connectivity index (χ0n) is 10.3. The van der Waals surface area contributed by atoms with Crippen LogP contribution in [0.3, 0.4) is 0 Å². The number of hydrogen-bond donors (Lipinski definition) is 1. The predicted molar refractivity (Wildman–Crippen MR) is 76.4 cm³/mol. The lowest BCUT2D eigenvalue weighted by molar-refractivity contribution is -0.115. The molecule has 1 heterocycles. The Morgan fingerprint density at radius 2 is 2.37 bits per heavy atom. The summed E-state index contributed by atoms with van der Waals surface area (Å²) in [4.78, 5) is 11.7. The van der Waals surface area contributed by atoms with E-state index in [1.54, 1.807) is 30.6 Å². The SMILES string of the molecule is Cn1cnnc1SCCC(=O)Nc1cccc(Cl)c1. The fourth-order valence-electron chi connectivity index (χ4n) is 1.43. The number of anilines is 1. The van der Waals surface area contributed by atoms with Gasteiger partial charge in [-0.05, 0) is 18.2 Å². The number of halogens is 1. The molecule has 0 saturated heterocycles. The molecule has 0 spiro atoms. The van der Waals surface area contributed by atoms with Crippen molar-refractivity contribution in [1.82, 2.24) is 14.8 Å². The van der Waals surface area contributed by atoms with Crippen LogP contribution in [-0.4, -0.2) is 26.4 Å². The summed E-state index contributed by atoms with van der Waals surface area (Å²) < 4.78 is 1.82. The quantitative estimate of drug-likeness (QED) is 0.862. The third kappa shape index (κ3) is 4.25. The maximum atomic E-state index is 11.7. The van der Waals surface area contributed by atoms with Crippen LogP contribution in [0.5, 0.6) is 0 Å². The summed E-state index contributed by atoms with van der Waals surface area (Å²) in [6.07, 6.45) is 2.04. The monoisotopic (exact) mass is 296 g/mol. The van der Waals surface area contributed by atoms with Crippen molar-refractivity contribution >= 4 is 35.0 Å². The Kier molecular flexibility index (Phi) is 4.81. The van der Waals surface area contributed by atoms with Crippen LogP contribution in [0.2, 0.25) is 5.02 Å². The lowest BCUT2D eigenvalue weighted by Crippen LogP contribution is -2.12. The van der Waals surface area contributed by atoms with E-state index in [-0.39, 0.29) is 5.91 Å². The van der Waals surface area contributed by atoms with E-state index in [1.807, 2.05) is 11.6 Å². The molecule has 1 aromatic heterocycles. The minimum absolute atomic E-state index is 0.0445. The normalized spacial score (nSPS) is 10.4. The number of rotatable bonds is 5. The summed E-state index contributed by atoms with van der Waals surface area (Å²) in [5, 5.41) is 11.9. The van der Waals surface area contributed by atoms with Crippen LogP contribution in [0.15, 0.2) is 35.7 Å². The number of hydrogen-bond acceptors (Lipinski definition) is 4. The number of nitrogens with one attached hydrogen (secondary N) is 1. The molecule has 0 fully saturated rings. The van der Waals surface area contributed by atoms with E-state index in [2.05, 4.69) is 15.5 Å². The van der Waals surface area contributed by atoms with E-state index in [9.17, 15) is 4.79 Å². The molecule has 2 rings (SSSR count). The molecule has 1 amide bonds. The number of benzene rings is 1. The van der Waals surface area contributed by atoms with Gasteiger partial charge in [0.15, 0.2) is 5.16 Å². The van der Waals surface area contributed by atoms with Crippen molar-refractivity contribution in [3.63, 3.8) is 0 Å².